The molecule has 0 fully saturated rings. The van der Waals surface area contributed by atoms with Crippen molar-refractivity contribution in [2.45, 2.75) is 20.4 Å². The first-order valence-corrected chi connectivity index (χ1v) is 8.72. The highest BCUT2D eigenvalue weighted by molar-refractivity contribution is 5.73. The van der Waals surface area contributed by atoms with E-state index >= 15 is 0 Å². The van der Waals surface area contributed by atoms with Crippen molar-refractivity contribution in [3.63, 3.8) is 0 Å². The van der Waals surface area contributed by atoms with Crippen molar-refractivity contribution in [1.82, 2.24) is 28.5 Å². The van der Waals surface area contributed by atoms with Crippen LogP contribution in [0.3, 0.4) is 0 Å². The van der Waals surface area contributed by atoms with E-state index in [4.69, 9.17) is 0 Å². The fourth-order valence-electron chi connectivity index (χ4n) is 3.35. The lowest BCUT2D eigenvalue weighted by molar-refractivity contribution is 0.626. The number of halogens is 1. The summed E-state index contributed by atoms with van der Waals surface area (Å²) in [7, 11) is 3.01. The Balaban J connectivity index is 2.07. The average Bonchev–Trinajstić information content (AvgIpc) is 3.19. The van der Waals surface area contributed by atoms with Gasteiger partial charge in [0.2, 0.25) is 5.95 Å². The van der Waals surface area contributed by atoms with Gasteiger partial charge in [0.15, 0.2) is 11.2 Å². The predicted molar refractivity (Wildman–Crippen MR) is 102 cm³/mol. The molecular weight excluding hydrogens is 363 g/mol. The molecule has 3 heterocycles. The first-order chi connectivity index (χ1) is 13.3. The minimum atomic E-state index is -0.455. The number of hydrogen-bond donors (Lipinski definition) is 0. The van der Waals surface area contributed by atoms with Crippen LogP contribution in [-0.4, -0.2) is 28.5 Å². The molecule has 0 N–H and O–H groups in total. The Morgan fingerprint density at radius 1 is 1.04 bits per heavy atom. The van der Waals surface area contributed by atoms with Crippen LogP contribution in [0, 0.1) is 19.7 Å². The fourth-order valence-corrected chi connectivity index (χ4v) is 3.35. The lowest BCUT2D eigenvalue weighted by Gasteiger charge is -2.10. The first-order valence-electron chi connectivity index (χ1n) is 8.72. The number of nitrogens with zero attached hydrogens (tertiary/aromatic N) is 6. The largest absolute Gasteiger partial charge is 0.332 e. The van der Waals surface area contributed by atoms with Crippen molar-refractivity contribution >= 4 is 11.2 Å². The monoisotopic (exact) mass is 382 g/mol. The lowest BCUT2D eigenvalue weighted by atomic mass is 10.2. The normalized spacial score (nSPS) is 11.5. The van der Waals surface area contributed by atoms with Gasteiger partial charge in [-0.15, -0.1) is 0 Å². The highest BCUT2D eigenvalue weighted by Gasteiger charge is 2.21. The molecule has 0 amide bonds. The lowest BCUT2D eigenvalue weighted by Crippen LogP contribution is -2.37. The molecule has 0 saturated carbocycles. The quantitative estimate of drug-likeness (QED) is 0.537. The van der Waals surface area contributed by atoms with Crippen LogP contribution >= 0.6 is 0 Å². The van der Waals surface area contributed by atoms with E-state index in [0.29, 0.717) is 5.95 Å². The van der Waals surface area contributed by atoms with E-state index in [0.717, 1.165) is 21.5 Å². The van der Waals surface area contributed by atoms with E-state index in [2.05, 4.69) is 10.1 Å². The molecule has 28 heavy (non-hydrogen) atoms. The van der Waals surface area contributed by atoms with Crippen LogP contribution in [0.4, 0.5) is 4.39 Å². The second-order valence-electron chi connectivity index (χ2n) is 6.84. The van der Waals surface area contributed by atoms with Gasteiger partial charge in [-0.2, -0.15) is 10.1 Å². The smallest absolute Gasteiger partial charge is 0.298 e. The number of rotatable bonds is 3. The molecule has 4 aromatic rings. The van der Waals surface area contributed by atoms with Crippen molar-refractivity contribution in [1.29, 1.82) is 0 Å². The summed E-state index contributed by atoms with van der Waals surface area (Å²) < 4.78 is 19.1. The molecule has 4 rings (SSSR count). The summed E-state index contributed by atoms with van der Waals surface area (Å²) >= 11 is 0. The Morgan fingerprint density at radius 3 is 2.32 bits per heavy atom. The third-order valence-electron chi connectivity index (χ3n) is 4.78. The van der Waals surface area contributed by atoms with Crippen LogP contribution in [0.5, 0.6) is 0 Å². The van der Waals surface area contributed by atoms with E-state index in [-0.39, 0.29) is 23.5 Å². The third-order valence-corrected chi connectivity index (χ3v) is 4.78. The summed E-state index contributed by atoms with van der Waals surface area (Å²) in [6.07, 6.45) is 0. The molecule has 0 radical (unpaired) electrons. The first kappa shape index (κ1) is 17.9. The van der Waals surface area contributed by atoms with Crippen molar-refractivity contribution in [2.75, 3.05) is 0 Å². The summed E-state index contributed by atoms with van der Waals surface area (Å²) in [5, 5.41) is 4.47. The van der Waals surface area contributed by atoms with Gasteiger partial charge in [-0.3, -0.25) is 18.5 Å². The van der Waals surface area contributed by atoms with E-state index in [1.807, 2.05) is 19.9 Å². The number of fused-ring (bicyclic) bond motifs is 1. The number of benzene rings is 1. The van der Waals surface area contributed by atoms with Crippen LogP contribution < -0.4 is 11.2 Å². The van der Waals surface area contributed by atoms with Gasteiger partial charge < -0.3 is 0 Å². The number of aromatic nitrogens is 6. The molecule has 0 spiro atoms. The predicted octanol–water partition coefficient (Wildman–Crippen LogP) is 1.42. The van der Waals surface area contributed by atoms with Crippen LogP contribution in [0.25, 0.3) is 17.1 Å². The zero-order chi connectivity index (χ0) is 20.2. The molecule has 3 aromatic heterocycles. The number of aryl methyl sites for hydroxylation is 3. The van der Waals surface area contributed by atoms with E-state index in [1.165, 1.54) is 23.7 Å². The van der Waals surface area contributed by atoms with Gasteiger partial charge in [-0.1, -0.05) is 12.1 Å². The number of hydrogen-bond acceptors (Lipinski definition) is 4. The zero-order valence-corrected chi connectivity index (χ0v) is 16.0. The topological polar surface area (TPSA) is 79.6 Å². The molecule has 0 bridgehead atoms. The Morgan fingerprint density at radius 2 is 1.71 bits per heavy atom. The van der Waals surface area contributed by atoms with Gasteiger partial charge in [0.1, 0.15) is 5.82 Å². The molecular formula is C19H19FN6O2. The Kier molecular flexibility index (Phi) is 4.02. The molecule has 144 valence electrons. The molecule has 0 aliphatic carbocycles. The van der Waals surface area contributed by atoms with Crippen molar-refractivity contribution in [3.8, 4) is 5.95 Å². The van der Waals surface area contributed by atoms with Gasteiger partial charge in [0.05, 0.1) is 12.2 Å². The number of imidazole rings is 1. The molecule has 0 aliphatic heterocycles. The standard InChI is InChI=1S/C19H19FN6O2/c1-11-9-12(2)26(22-11)18-21-16-15(17(27)24(4)19(28)23(16)3)25(18)10-13-5-7-14(20)8-6-13/h5-9H,10H2,1-4H3. The second kappa shape index (κ2) is 6.29. The third kappa shape index (κ3) is 2.67. The molecule has 0 unspecified atom stereocenters. The highest BCUT2D eigenvalue weighted by Crippen LogP contribution is 2.19. The Labute approximate surface area is 159 Å². The Hall–Kier alpha value is -3.49. The molecule has 9 heteroatoms. The van der Waals surface area contributed by atoms with E-state index in [1.54, 1.807) is 28.4 Å². The Bertz CT molecular complexity index is 1320. The van der Waals surface area contributed by atoms with Gasteiger partial charge in [-0.25, -0.2) is 13.9 Å². The van der Waals surface area contributed by atoms with E-state index < -0.39 is 11.2 Å². The maximum absolute atomic E-state index is 13.3. The maximum Gasteiger partial charge on any atom is 0.332 e. The summed E-state index contributed by atoms with van der Waals surface area (Å²) in [6, 6.07) is 7.94. The van der Waals surface area contributed by atoms with Crippen molar-refractivity contribution in [2.24, 2.45) is 14.1 Å². The van der Waals surface area contributed by atoms with Crippen molar-refractivity contribution < 1.29 is 4.39 Å². The van der Waals surface area contributed by atoms with Gasteiger partial charge in [0.25, 0.3) is 5.56 Å². The zero-order valence-electron chi connectivity index (χ0n) is 16.0. The molecule has 0 saturated heterocycles. The summed E-state index contributed by atoms with van der Waals surface area (Å²) in [5.41, 5.74) is 2.10. The van der Waals surface area contributed by atoms with Crippen LogP contribution in [0.1, 0.15) is 17.0 Å². The van der Waals surface area contributed by atoms with Crippen LogP contribution in [-0.2, 0) is 20.6 Å². The van der Waals surface area contributed by atoms with Crippen molar-refractivity contribution in [3.05, 3.63) is 73.9 Å². The van der Waals surface area contributed by atoms with Crippen LogP contribution in [0.15, 0.2) is 39.9 Å². The summed E-state index contributed by atoms with van der Waals surface area (Å²) in [6.45, 7) is 4.03. The van der Waals surface area contributed by atoms with Gasteiger partial charge >= 0.3 is 5.69 Å². The minimum Gasteiger partial charge on any atom is -0.298 e. The molecule has 1 aromatic carbocycles. The minimum absolute atomic E-state index is 0.276. The summed E-state index contributed by atoms with van der Waals surface area (Å²) in [5.74, 6) is 0.0829. The van der Waals surface area contributed by atoms with Gasteiger partial charge in [0, 0.05) is 19.8 Å². The molecule has 0 atom stereocenters. The highest BCUT2D eigenvalue weighted by atomic mass is 19.1. The van der Waals surface area contributed by atoms with E-state index in [9.17, 15) is 14.0 Å². The molecule has 8 nitrogen and oxygen atoms in total. The maximum atomic E-state index is 13.3. The molecule has 0 aliphatic rings. The fraction of sp³-hybridized carbons (Fsp3) is 0.263. The average molecular weight is 382 g/mol. The SMILES string of the molecule is Cc1cc(C)n(-c2nc3c(c(=O)n(C)c(=O)n3C)n2Cc2ccc(F)cc2)n1. The van der Waals surface area contributed by atoms with Gasteiger partial charge in [-0.05, 0) is 37.6 Å². The second-order valence-corrected chi connectivity index (χ2v) is 6.84. The van der Waals surface area contributed by atoms with Crippen LogP contribution in [0.2, 0.25) is 0 Å². The summed E-state index contributed by atoms with van der Waals surface area (Å²) in [4.78, 5) is 29.8.